The first kappa shape index (κ1) is 19.1. The van der Waals surface area contributed by atoms with Crippen molar-refractivity contribution in [3.05, 3.63) is 65.2 Å². The van der Waals surface area contributed by atoms with Crippen molar-refractivity contribution in [3.63, 3.8) is 0 Å². The number of benzene rings is 2. The molecule has 0 saturated carbocycles. The molecule has 0 bridgehead atoms. The van der Waals surface area contributed by atoms with E-state index in [0.29, 0.717) is 24.3 Å². The van der Waals surface area contributed by atoms with Gasteiger partial charge in [-0.05, 0) is 75.1 Å². The zero-order valence-electron chi connectivity index (χ0n) is 17.1. The van der Waals surface area contributed by atoms with Crippen LogP contribution in [0.3, 0.4) is 0 Å². The molecule has 0 aliphatic carbocycles. The fourth-order valence-electron chi connectivity index (χ4n) is 3.80. The van der Waals surface area contributed by atoms with Gasteiger partial charge >= 0.3 is 0 Å². The number of nitrogens with one attached hydrogen (secondary N) is 1. The van der Waals surface area contributed by atoms with Crippen molar-refractivity contribution < 1.29 is 14.6 Å². The molecule has 1 atom stereocenters. The summed E-state index contributed by atoms with van der Waals surface area (Å²) in [6, 6.07) is 7.59. The van der Waals surface area contributed by atoms with E-state index < -0.39 is 5.60 Å². The van der Waals surface area contributed by atoms with Crippen molar-refractivity contribution in [1.82, 2.24) is 9.55 Å². The van der Waals surface area contributed by atoms with Crippen LogP contribution in [0, 0.1) is 20.8 Å². The van der Waals surface area contributed by atoms with E-state index in [1.807, 2.05) is 62.7 Å². The molecule has 6 heteroatoms. The van der Waals surface area contributed by atoms with E-state index in [9.17, 15) is 9.90 Å². The second-order valence-corrected chi connectivity index (χ2v) is 7.84. The van der Waals surface area contributed by atoms with Crippen LogP contribution >= 0.6 is 0 Å². The summed E-state index contributed by atoms with van der Waals surface area (Å²) >= 11 is 0. The van der Waals surface area contributed by atoms with Crippen molar-refractivity contribution >= 4 is 11.6 Å². The first-order chi connectivity index (χ1) is 13.8. The smallest absolute Gasteiger partial charge is 0.268 e. The maximum absolute atomic E-state index is 13.1. The normalized spacial score (nSPS) is 18.1. The number of fused-ring (bicyclic) bond motifs is 1. The number of ether oxygens (including phenoxy) is 1. The number of phenols is 1. The Balaban J connectivity index is 1.55. The number of carbonyl (C=O) groups excluding carboxylic acids is 1. The second kappa shape index (κ2) is 6.95. The van der Waals surface area contributed by atoms with Crippen LogP contribution in [-0.4, -0.2) is 26.2 Å². The lowest BCUT2D eigenvalue weighted by Crippen LogP contribution is -2.48. The molecule has 6 nitrogen and oxygen atoms in total. The highest BCUT2D eigenvalue weighted by molar-refractivity contribution is 5.97. The van der Waals surface area contributed by atoms with Gasteiger partial charge in [-0.2, -0.15) is 0 Å². The SMILES string of the molecule is Cc1c(C)c2c(c(C)c1O)CCC(C)(C(=O)Nc1ccc(-n3ccnc3)cc1)O2. The Labute approximate surface area is 170 Å². The van der Waals surface area contributed by atoms with Gasteiger partial charge in [-0.25, -0.2) is 4.98 Å². The van der Waals surface area contributed by atoms with Crippen LogP contribution in [0.1, 0.15) is 35.6 Å². The minimum atomic E-state index is -0.976. The number of nitrogens with zero attached hydrogens (tertiary/aromatic N) is 2. The molecule has 0 spiro atoms. The van der Waals surface area contributed by atoms with Gasteiger partial charge in [-0.3, -0.25) is 4.79 Å². The third kappa shape index (κ3) is 3.24. The van der Waals surface area contributed by atoms with Gasteiger partial charge in [0.15, 0.2) is 5.60 Å². The van der Waals surface area contributed by atoms with Gasteiger partial charge in [0.05, 0.1) is 6.33 Å². The number of hydrogen-bond acceptors (Lipinski definition) is 4. The van der Waals surface area contributed by atoms with Crippen LogP contribution in [0.5, 0.6) is 11.5 Å². The summed E-state index contributed by atoms with van der Waals surface area (Å²) in [5.41, 5.74) is 4.20. The van der Waals surface area contributed by atoms with E-state index in [2.05, 4.69) is 10.3 Å². The number of amides is 1. The number of hydrogen-bond donors (Lipinski definition) is 2. The number of phenolic OH excluding ortho intramolecular Hbond substituents is 1. The van der Waals surface area contributed by atoms with Gasteiger partial charge in [-0.1, -0.05) is 0 Å². The molecule has 0 fully saturated rings. The number of carbonyl (C=O) groups is 1. The van der Waals surface area contributed by atoms with Gasteiger partial charge in [0.2, 0.25) is 0 Å². The summed E-state index contributed by atoms with van der Waals surface area (Å²) in [6.45, 7) is 7.51. The molecule has 1 unspecified atom stereocenters. The first-order valence-corrected chi connectivity index (χ1v) is 9.70. The molecule has 2 N–H and O–H groups in total. The molecule has 2 aromatic carbocycles. The predicted molar refractivity (Wildman–Crippen MR) is 112 cm³/mol. The molecule has 2 heterocycles. The second-order valence-electron chi connectivity index (χ2n) is 7.84. The molecule has 29 heavy (non-hydrogen) atoms. The number of imidazole rings is 1. The lowest BCUT2D eigenvalue weighted by atomic mass is 9.86. The summed E-state index contributed by atoms with van der Waals surface area (Å²) in [4.78, 5) is 17.1. The Morgan fingerprint density at radius 3 is 2.55 bits per heavy atom. The predicted octanol–water partition coefficient (Wildman–Crippen LogP) is 4.23. The lowest BCUT2D eigenvalue weighted by Gasteiger charge is -2.36. The largest absolute Gasteiger partial charge is 0.507 e. The topological polar surface area (TPSA) is 76.4 Å². The van der Waals surface area contributed by atoms with Crippen molar-refractivity contribution in [2.75, 3.05) is 5.32 Å². The van der Waals surface area contributed by atoms with E-state index in [-0.39, 0.29) is 5.91 Å². The van der Waals surface area contributed by atoms with Gasteiger partial charge in [0, 0.05) is 35.8 Å². The van der Waals surface area contributed by atoms with Crippen LogP contribution < -0.4 is 10.1 Å². The number of aromatic hydroxyl groups is 1. The summed E-state index contributed by atoms with van der Waals surface area (Å²) in [6.07, 6.45) is 6.54. The van der Waals surface area contributed by atoms with E-state index in [0.717, 1.165) is 33.7 Å². The maximum atomic E-state index is 13.1. The minimum absolute atomic E-state index is 0.179. The average Bonchev–Trinajstić information content (AvgIpc) is 3.26. The zero-order valence-corrected chi connectivity index (χ0v) is 17.1. The van der Waals surface area contributed by atoms with Crippen LogP contribution in [0.15, 0.2) is 43.0 Å². The summed E-state index contributed by atoms with van der Waals surface area (Å²) < 4.78 is 8.15. The lowest BCUT2D eigenvalue weighted by molar-refractivity contribution is -0.131. The number of rotatable bonds is 3. The Hall–Kier alpha value is -3.28. The zero-order chi connectivity index (χ0) is 20.8. The fraction of sp³-hybridized carbons (Fsp3) is 0.304. The fourth-order valence-corrected chi connectivity index (χ4v) is 3.80. The van der Waals surface area contributed by atoms with E-state index in [1.54, 1.807) is 12.5 Å². The van der Waals surface area contributed by atoms with Gasteiger partial charge in [0.25, 0.3) is 5.91 Å². The Morgan fingerprint density at radius 1 is 1.17 bits per heavy atom. The minimum Gasteiger partial charge on any atom is -0.507 e. The molecule has 1 amide bonds. The molecule has 0 saturated heterocycles. The third-order valence-corrected chi connectivity index (χ3v) is 5.93. The van der Waals surface area contributed by atoms with Crippen molar-refractivity contribution in [2.24, 2.45) is 0 Å². The van der Waals surface area contributed by atoms with Crippen molar-refractivity contribution in [3.8, 4) is 17.2 Å². The molecular weight excluding hydrogens is 366 g/mol. The van der Waals surface area contributed by atoms with Gasteiger partial charge in [-0.15, -0.1) is 0 Å². The maximum Gasteiger partial charge on any atom is 0.268 e. The van der Waals surface area contributed by atoms with Gasteiger partial charge in [0.1, 0.15) is 11.5 Å². The highest BCUT2D eigenvalue weighted by Gasteiger charge is 2.40. The Morgan fingerprint density at radius 2 is 1.90 bits per heavy atom. The van der Waals surface area contributed by atoms with Gasteiger partial charge < -0.3 is 19.7 Å². The Bertz CT molecular complexity index is 1070. The summed E-state index contributed by atoms with van der Waals surface area (Å²) in [5, 5.41) is 13.3. The quantitative estimate of drug-likeness (QED) is 0.701. The van der Waals surface area contributed by atoms with E-state index in [1.165, 1.54) is 0 Å². The average molecular weight is 391 g/mol. The molecule has 4 rings (SSSR count). The molecule has 1 aliphatic heterocycles. The van der Waals surface area contributed by atoms with Crippen LogP contribution in [-0.2, 0) is 11.2 Å². The highest BCUT2D eigenvalue weighted by atomic mass is 16.5. The first-order valence-electron chi connectivity index (χ1n) is 9.70. The summed E-state index contributed by atoms with van der Waals surface area (Å²) in [7, 11) is 0. The van der Waals surface area contributed by atoms with Crippen molar-refractivity contribution in [2.45, 2.75) is 46.1 Å². The monoisotopic (exact) mass is 391 g/mol. The molecule has 1 aliphatic rings. The highest BCUT2D eigenvalue weighted by Crippen LogP contribution is 2.43. The van der Waals surface area contributed by atoms with Crippen molar-refractivity contribution in [1.29, 1.82) is 0 Å². The summed E-state index contributed by atoms with van der Waals surface area (Å²) in [5.74, 6) is 0.856. The van der Waals surface area contributed by atoms with Crippen LogP contribution in [0.25, 0.3) is 5.69 Å². The molecule has 3 aromatic rings. The number of anilines is 1. The van der Waals surface area contributed by atoms with Crippen LogP contribution in [0.2, 0.25) is 0 Å². The molecular formula is C23H25N3O3. The molecule has 1 aromatic heterocycles. The molecule has 150 valence electrons. The molecule has 0 radical (unpaired) electrons. The standard InChI is InChI=1S/C23H25N3O3/c1-14-15(2)21-19(16(3)20(14)27)9-10-23(4,29-21)22(28)25-17-5-7-18(8-6-17)26-12-11-24-13-26/h5-8,11-13,27H,9-10H2,1-4H3,(H,25,28). The Kier molecular flexibility index (Phi) is 4.57. The van der Waals surface area contributed by atoms with Crippen LogP contribution in [0.4, 0.5) is 5.69 Å². The van der Waals surface area contributed by atoms with E-state index >= 15 is 0 Å². The number of aromatic nitrogens is 2. The van der Waals surface area contributed by atoms with E-state index in [4.69, 9.17) is 4.74 Å². The third-order valence-electron chi connectivity index (χ3n) is 5.93.